The third kappa shape index (κ3) is 3.13. The highest BCUT2D eigenvalue weighted by Crippen LogP contribution is 2.44. The molecule has 1 fully saturated rings. The smallest absolute Gasteiger partial charge is 0.341 e. The van der Waals surface area contributed by atoms with E-state index in [1.54, 1.807) is 18.7 Å². The molecule has 0 aromatic carbocycles. The van der Waals surface area contributed by atoms with Gasteiger partial charge in [0.15, 0.2) is 0 Å². The third-order valence-corrected chi connectivity index (χ3v) is 3.64. The molecule has 0 bridgehead atoms. The standard InChI is InChI=1S/C13H21N3O3/c1-3-19-12(18)10-6-15-16(2)11(10)7-14-8-13(9-17)4-5-13/h6,14,17H,3-5,7-9H2,1-2H3. The molecule has 1 heterocycles. The zero-order chi connectivity index (χ0) is 13.9. The summed E-state index contributed by atoms with van der Waals surface area (Å²) in [5.74, 6) is -0.337. The molecule has 1 aromatic heterocycles. The van der Waals surface area contributed by atoms with Crippen LogP contribution < -0.4 is 5.32 Å². The van der Waals surface area contributed by atoms with Crippen molar-refractivity contribution in [3.63, 3.8) is 0 Å². The number of ether oxygens (including phenoxy) is 1. The van der Waals surface area contributed by atoms with Crippen LogP contribution in [0.25, 0.3) is 0 Å². The van der Waals surface area contributed by atoms with E-state index in [1.807, 2.05) is 0 Å². The predicted molar refractivity (Wildman–Crippen MR) is 69.6 cm³/mol. The van der Waals surface area contributed by atoms with Gasteiger partial charge in [-0.05, 0) is 19.8 Å². The average molecular weight is 267 g/mol. The van der Waals surface area contributed by atoms with E-state index in [-0.39, 0.29) is 18.0 Å². The van der Waals surface area contributed by atoms with Gasteiger partial charge in [0.1, 0.15) is 5.56 Å². The van der Waals surface area contributed by atoms with Crippen molar-refractivity contribution in [3.8, 4) is 0 Å². The normalized spacial score (nSPS) is 16.4. The number of rotatable bonds is 7. The van der Waals surface area contributed by atoms with Crippen molar-refractivity contribution in [1.82, 2.24) is 15.1 Å². The van der Waals surface area contributed by atoms with Crippen molar-refractivity contribution in [2.24, 2.45) is 12.5 Å². The van der Waals surface area contributed by atoms with Gasteiger partial charge < -0.3 is 15.2 Å². The Kier molecular flexibility index (Phi) is 4.21. The first-order chi connectivity index (χ1) is 9.12. The van der Waals surface area contributed by atoms with Gasteiger partial charge in [-0.1, -0.05) is 0 Å². The summed E-state index contributed by atoms with van der Waals surface area (Å²) in [5.41, 5.74) is 1.38. The second-order valence-electron chi connectivity index (χ2n) is 5.11. The Hall–Kier alpha value is -1.40. The topological polar surface area (TPSA) is 76.4 Å². The first kappa shape index (κ1) is 14.0. The minimum absolute atomic E-state index is 0.0582. The lowest BCUT2D eigenvalue weighted by Gasteiger charge is -2.13. The molecule has 1 aromatic rings. The Morgan fingerprint density at radius 3 is 2.95 bits per heavy atom. The average Bonchev–Trinajstić information content (AvgIpc) is 3.09. The maximum Gasteiger partial charge on any atom is 0.341 e. The maximum absolute atomic E-state index is 11.8. The Balaban J connectivity index is 1.95. The van der Waals surface area contributed by atoms with Crippen LogP contribution in [0, 0.1) is 5.41 Å². The quantitative estimate of drug-likeness (QED) is 0.702. The van der Waals surface area contributed by atoms with Crippen LogP contribution in [-0.2, 0) is 18.3 Å². The van der Waals surface area contributed by atoms with E-state index in [0.29, 0.717) is 18.7 Å². The minimum atomic E-state index is -0.337. The highest BCUT2D eigenvalue weighted by atomic mass is 16.5. The Morgan fingerprint density at radius 2 is 2.37 bits per heavy atom. The summed E-state index contributed by atoms with van der Waals surface area (Å²) < 4.78 is 6.68. The highest BCUT2D eigenvalue weighted by Gasteiger charge is 2.41. The summed E-state index contributed by atoms with van der Waals surface area (Å²) in [6.07, 6.45) is 3.66. The van der Waals surface area contributed by atoms with Gasteiger partial charge in [-0.15, -0.1) is 0 Å². The molecule has 0 atom stereocenters. The molecule has 2 N–H and O–H groups in total. The summed E-state index contributed by atoms with van der Waals surface area (Å²) in [6, 6.07) is 0. The molecule has 0 aliphatic heterocycles. The fourth-order valence-electron chi connectivity index (χ4n) is 2.07. The van der Waals surface area contributed by atoms with Crippen LogP contribution in [0.5, 0.6) is 0 Å². The monoisotopic (exact) mass is 267 g/mol. The summed E-state index contributed by atoms with van der Waals surface area (Å²) >= 11 is 0. The van der Waals surface area contributed by atoms with Crippen molar-refractivity contribution < 1.29 is 14.6 Å². The number of aromatic nitrogens is 2. The number of aliphatic hydroxyl groups excluding tert-OH is 1. The second kappa shape index (κ2) is 5.71. The molecule has 0 amide bonds. The molecule has 0 spiro atoms. The van der Waals surface area contributed by atoms with E-state index in [1.165, 1.54) is 6.20 Å². The lowest BCUT2D eigenvalue weighted by Crippen LogP contribution is -2.27. The largest absolute Gasteiger partial charge is 0.462 e. The van der Waals surface area contributed by atoms with Gasteiger partial charge >= 0.3 is 5.97 Å². The zero-order valence-corrected chi connectivity index (χ0v) is 11.5. The summed E-state index contributed by atoms with van der Waals surface area (Å²) in [5, 5.41) is 16.6. The van der Waals surface area contributed by atoms with Gasteiger partial charge in [-0.2, -0.15) is 5.10 Å². The van der Waals surface area contributed by atoms with Crippen molar-refractivity contribution in [2.45, 2.75) is 26.3 Å². The van der Waals surface area contributed by atoms with Crippen molar-refractivity contribution in [2.75, 3.05) is 19.8 Å². The number of nitrogens with zero attached hydrogens (tertiary/aromatic N) is 2. The molecule has 0 unspecified atom stereocenters. The number of aliphatic hydroxyl groups is 1. The maximum atomic E-state index is 11.8. The van der Waals surface area contributed by atoms with Gasteiger partial charge in [0.2, 0.25) is 0 Å². The predicted octanol–water partition coefficient (Wildman–Crippen LogP) is 0.459. The van der Waals surface area contributed by atoms with Crippen LogP contribution in [0.2, 0.25) is 0 Å². The number of nitrogens with one attached hydrogen (secondary N) is 1. The Morgan fingerprint density at radius 1 is 1.63 bits per heavy atom. The molecule has 1 aliphatic carbocycles. The van der Waals surface area contributed by atoms with Gasteiger partial charge in [0.25, 0.3) is 0 Å². The van der Waals surface area contributed by atoms with E-state index >= 15 is 0 Å². The lowest BCUT2D eigenvalue weighted by molar-refractivity contribution is 0.0524. The summed E-state index contributed by atoms with van der Waals surface area (Å²) in [4.78, 5) is 11.8. The Bertz CT molecular complexity index is 452. The van der Waals surface area contributed by atoms with Gasteiger partial charge in [0, 0.05) is 32.2 Å². The molecular formula is C13H21N3O3. The van der Waals surface area contributed by atoms with Crippen LogP contribution >= 0.6 is 0 Å². The fourth-order valence-corrected chi connectivity index (χ4v) is 2.07. The Labute approximate surface area is 112 Å². The molecule has 6 heteroatoms. The number of carbonyl (C=O) groups is 1. The van der Waals surface area contributed by atoms with Crippen LogP contribution in [0.15, 0.2) is 6.20 Å². The number of carbonyl (C=O) groups excluding carboxylic acids is 1. The molecular weight excluding hydrogens is 246 g/mol. The SMILES string of the molecule is CCOC(=O)c1cnn(C)c1CNCC1(CO)CC1. The number of aryl methyl sites for hydroxylation is 1. The van der Waals surface area contributed by atoms with E-state index in [4.69, 9.17) is 4.74 Å². The van der Waals surface area contributed by atoms with Crippen LogP contribution in [-0.4, -0.2) is 40.6 Å². The van der Waals surface area contributed by atoms with E-state index in [9.17, 15) is 9.90 Å². The minimum Gasteiger partial charge on any atom is -0.462 e. The molecule has 2 rings (SSSR count). The molecule has 1 aliphatic rings. The lowest BCUT2D eigenvalue weighted by atomic mass is 10.1. The fraction of sp³-hybridized carbons (Fsp3) is 0.692. The van der Waals surface area contributed by atoms with Crippen LogP contribution in [0.1, 0.15) is 35.8 Å². The number of hydrogen-bond acceptors (Lipinski definition) is 5. The van der Waals surface area contributed by atoms with Crippen LogP contribution in [0.4, 0.5) is 0 Å². The zero-order valence-electron chi connectivity index (χ0n) is 11.5. The van der Waals surface area contributed by atoms with Crippen molar-refractivity contribution in [1.29, 1.82) is 0 Å². The first-order valence-corrected chi connectivity index (χ1v) is 6.61. The van der Waals surface area contributed by atoms with Crippen LogP contribution in [0.3, 0.4) is 0 Å². The number of esters is 1. The van der Waals surface area contributed by atoms with E-state index < -0.39 is 0 Å². The molecule has 106 valence electrons. The molecule has 0 radical (unpaired) electrons. The first-order valence-electron chi connectivity index (χ1n) is 6.61. The summed E-state index contributed by atoms with van der Waals surface area (Å²) in [7, 11) is 1.80. The molecule has 0 saturated heterocycles. The van der Waals surface area contributed by atoms with E-state index in [2.05, 4.69) is 10.4 Å². The highest BCUT2D eigenvalue weighted by molar-refractivity contribution is 5.90. The van der Waals surface area contributed by atoms with Gasteiger partial charge in [-0.3, -0.25) is 4.68 Å². The molecule has 1 saturated carbocycles. The van der Waals surface area contributed by atoms with Gasteiger partial charge in [-0.25, -0.2) is 4.79 Å². The molecule has 19 heavy (non-hydrogen) atoms. The third-order valence-electron chi connectivity index (χ3n) is 3.64. The number of hydrogen-bond donors (Lipinski definition) is 2. The van der Waals surface area contributed by atoms with Crippen molar-refractivity contribution >= 4 is 5.97 Å². The van der Waals surface area contributed by atoms with E-state index in [0.717, 1.165) is 25.1 Å². The van der Waals surface area contributed by atoms with Gasteiger partial charge in [0.05, 0.1) is 18.5 Å². The second-order valence-corrected chi connectivity index (χ2v) is 5.11. The van der Waals surface area contributed by atoms with Crippen molar-refractivity contribution in [3.05, 3.63) is 17.5 Å². The summed E-state index contributed by atoms with van der Waals surface area (Å²) in [6.45, 7) is 3.66. The molecule has 6 nitrogen and oxygen atoms in total.